The van der Waals surface area contributed by atoms with Crippen LogP contribution in [0.1, 0.15) is 44.5 Å². The van der Waals surface area contributed by atoms with Crippen molar-refractivity contribution >= 4 is 135 Å². The molecule has 8 bridgehead atoms. The third-order valence-electron chi connectivity index (χ3n) is 19.4. The number of halogens is 8. The summed E-state index contributed by atoms with van der Waals surface area (Å²) in [4.78, 5) is 36.6. The van der Waals surface area contributed by atoms with E-state index in [1.807, 2.05) is 250 Å². The lowest BCUT2D eigenvalue weighted by atomic mass is 9.97. The minimum Gasteiger partial charge on any atom is -0.353 e. The van der Waals surface area contributed by atoms with E-state index in [-0.39, 0.29) is 61.9 Å². The molecule has 112 heavy (non-hydrogen) atoms. The van der Waals surface area contributed by atoms with E-state index in [4.69, 9.17) is 19.9 Å². The number of nitrogens with one attached hydrogen (secondary N) is 10. The number of rotatable bonds is 16. The summed E-state index contributed by atoms with van der Waals surface area (Å²) in [6.07, 6.45) is 0. The van der Waals surface area contributed by atoms with Crippen molar-refractivity contribution in [3.8, 4) is 45.6 Å². The van der Waals surface area contributed by atoms with E-state index in [9.17, 15) is 0 Å². The van der Waals surface area contributed by atoms with Crippen LogP contribution in [0.4, 0.5) is 126 Å². The quantitative estimate of drug-likeness (QED) is 0.0248. The van der Waals surface area contributed by atoms with Crippen LogP contribution in [0.25, 0.3) is 89.7 Å². The van der Waals surface area contributed by atoms with Gasteiger partial charge in [0.25, 0.3) is 0 Å². The second-order valence-electron chi connectivity index (χ2n) is 28.1. The van der Waals surface area contributed by atoms with Gasteiger partial charge in [-0.25, -0.2) is 65.0 Å². The molecule has 17 rings (SSSR count). The molecule has 16 nitrogen and oxygen atoms in total. The van der Waals surface area contributed by atoms with Gasteiger partial charge in [-0.3, -0.25) is 0 Å². The highest BCUT2D eigenvalue weighted by Crippen LogP contribution is 2.58. The zero-order chi connectivity index (χ0) is 77.7. The average Bonchev–Trinajstić information content (AvgIpc) is 1.25. The van der Waals surface area contributed by atoms with Gasteiger partial charge in [-0.1, -0.05) is 97.1 Å². The van der Waals surface area contributed by atoms with Crippen molar-refractivity contribution in [1.29, 1.82) is 0 Å². The lowest BCUT2D eigenvalue weighted by Crippen LogP contribution is -2.09. The predicted molar refractivity (Wildman–Crippen MR) is 431 cm³/mol. The monoisotopic (exact) mass is 1500 g/mol. The molecule has 554 valence electrons. The maximum Gasteiger partial charge on any atom is 0.198 e. The third kappa shape index (κ3) is 13.0. The van der Waals surface area contributed by atoms with Gasteiger partial charge in [0.05, 0.1) is 89.3 Å². The van der Waals surface area contributed by atoms with Gasteiger partial charge in [-0.05, 0) is 197 Å². The van der Waals surface area contributed by atoms with Gasteiger partial charge in [-0.2, -0.15) is 0 Å². The molecule has 0 saturated carbocycles. The number of H-pyrrole nitrogens is 2. The molecule has 0 radical (unpaired) electrons. The fourth-order valence-electron chi connectivity index (χ4n) is 14.5. The molecule has 3 aromatic heterocycles. The molecule has 2 aliphatic heterocycles. The first kappa shape index (κ1) is 70.8. The van der Waals surface area contributed by atoms with Crippen LogP contribution in [0.5, 0.6) is 0 Å². The molecule has 0 saturated heterocycles. The number of nitrogens with zero attached hydrogens (tertiary/aromatic N) is 6. The number of aromatic amines is 2. The molecule has 12 aromatic carbocycles. The van der Waals surface area contributed by atoms with Gasteiger partial charge in [0.1, 0.15) is 22.6 Å². The van der Waals surface area contributed by atoms with Crippen LogP contribution < -0.4 is 42.5 Å². The Morgan fingerprint density at radius 1 is 0.205 bits per heavy atom. The summed E-state index contributed by atoms with van der Waals surface area (Å²) in [6.45, 7) is 15.5. The molecule has 0 spiro atoms. The van der Waals surface area contributed by atoms with Crippen LogP contribution >= 0.6 is 0 Å². The second kappa shape index (κ2) is 28.1. The first-order chi connectivity index (χ1) is 54.0. The van der Waals surface area contributed by atoms with Gasteiger partial charge < -0.3 is 52.5 Å². The highest BCUT2D eigenvalue weighted by molar-refractivity contribution is 6.26. The van der Waals surface area contributed by atoms with Crippen molar-refractivity contribution in [1.82, 2.24) is 39.9 Å². The van der Waals surface area contributed by atoms with Crippen molar-refractivity contribution in [2.75, 3.05) is 42.5 Å². The molecule has 0 atom stereocenters. The summed E-state index contributed by atoms with van der Waals surface area (Å²) in [7, 11) is 0. The Balaban J connectivity index is 1.15. The number of aryl methyl sites for hydroxylation is 8. The van der Waals surface area contributed by atoms with Crippen molar-refractivity contribution in [3.05, 3.63) is 285 Å². The minimum absolute atomic E-state index is 0.0728. The first-order valence-electron chi connectivity index (χ1n) is 35.8. The lowest BCUT2D eigenvalue weighted by Gasteiger charge is -2.26. The SMILES string of the molecule is Cc1cccc(Nc2c(Nc3cccc(C)c3)c(Nc3cccc(C)c3)c3c(c2Nc2cccc(C)c2)-c2nc-3nc3[nH]c(nc4nc(nc5[nH]c(n2)c2c(F)c(F)c(F)c(F)c52)-c2c(F)c(F)c(F)c(F)c2-4)c2c(Nc4cccc(C)c4)c(Nc4cccc(C)c4)c(Nc4cccc(C)c4)c(Nc4cccc(C)c4)c32)c1. The average molecular weight is 1500 g/mol. The number of anilines is 16. The van der Waals surface area contributed by atoms with Gasteiger partial charge in [0, 0.05) is 45.5 Å². The van der Waals surface area contributed by atoms with Crippen LogP contribution in [0, 0.1) is 102 Å². The molecule has 0 aliphatic carbocycles. The summed E-state index contributed by atoms with van der Waals surface area (Å²) in [5.41, 5.74) is 10.3. The Labute approximate surface area is 635 Å². The Kier molecular flexibility index (Phi) is 17.8. The van der Waals surface area contributed by atoms with Crippen LogP contribution in [0.3, 0.4) is 0 Å². The summed E-state index contributed by atoms with van der Waals surface area (Å²) in [5, 5.41) is 28.3. The molecule has 0 amide bonds. The van der Waals surface area contributed by atoms with Crippen molar-refractivity contribution < 1.29 is 35.1 Å². The molecular weight excluding hydrogens is 1430 g/mol. The Morgan fingerprint density at radius 3 is 0.643 bits per heavy atom. The summed E-state index contributed by atoms with van der Waals surface area (Å²) in [6, 6.07) is 61.1. The number of aromatic nitrogens is 8. The smallest absolute Gasteiger partial charge is 0.198 e. The van der Waals surface area contributed by atoms with Gasteiger partial charge in [0.15, 0.2) is 69.8 Å². The zero-order valence-corrected chi connectivity index (χ0v) is 61.2. The second-order valence-corrected chi connectivity index (χ2v) is 28.1. The first-order valence-corrected chi connectivity index (χ1v) is 35.8. The fraction of sp³-hybridized carbons (Fsp3) is 0.0909. The standard InChI is InChI=1S/C88H66F8N16/c1-41-17-9-25-49(33-41)97-73-61-63(75(99-51-27-11-19-43(3)35-51)79(103-55-31-15-23-47(7)39-55)77(73)101-53-29-13-21-45(5)37-53)87-110-85(61)108-83-59-57(65(89)69(93)71(95)67(59)91)81(106-83)105-82-58-60(68(92)72(96)70(94)66(58)90)84(107-82)109-86-62-64(88(111-86)112-87)76(100-52-28-12-20-44(4)36-52)80(104-56-32-16-24-48(8)40-56)78(102-54-30-14-22-46(6)38-54)74(62)98-50-26-10-18-42(2)34-50/h9-40,97-104H,1-8H3,(H2,105,106,107,108,109,110,111,112). The Bertz CT molecular complexity index is 6660. The zero-order valence-electron chi connectivity index (χ0n) is 61.2. The number of hydrogen-bond acceptors (Lipinski definition) is 14. The van der Waals surface area contributed by atoms with Crippen molar-refractivity contribution in [3.63, 3.8) is 0 Å². The van der Waals surface area contributed by atoms with E-state index < -0.39 is 91.4 Å². The topological polar surface area (TPSA) is 205 Å². The van der Waals surface area contributed by atoms with Gasteiger partial charge in [0.2, 0.25) is 0 Å². The summed E-state index contributed by atoms with van der Waals surface area (Å²) in [5.74, 6) is -19.4. The summed E-state index contributed by atoms with van der Waals surface area (Å²) < 4.78 is 135. The van der Waals surface area contributed by atoms with E-state index in [0.717, 1.165) is 44.5 Å². The van der Waals surface area contributed by atoms with Crippen molar-refractivity contribution in [2.45, 2.75) is 55.4 Å². The normalized spacial score (nSPS) is 11.6. The molecule has 10 N–H and O–H groups in total. The summed E-state index contributed by atoms with van der Waals surface area (Å²) >= 11 is 0. The van der Waals surface area contributed by atoms with Crippen LogP contribution in [-0.4, -0.2) is 39.9 Å². The van der Waals surface area contributed by atoms with Crippen LogP contribution in [0.2, 0.25) is 0 Å². The van der Waals surface area contributed by atoms with Crippen LogP contribution in [0.15, 0.2) is 194 Å². The number of fused-ring (bicyclic) bond motifs is 20. The molecule has 0 fully saturated rings. The third-order valence-corrected chi connectivity index (χ3v) is 19.4. The Morgan fingerprint density at radius 2 is 0.402 bits per heavy atom. The van der Waals surface area contributed by atoms with E-state index in [1.54, 1.807) is 0 Å². The molecule has 2 aliphatic rings. The number of benzene rings is 12. The van der Waals surface area contributed by atoms with E-state index in [2.05, 4.69) is 62.5 Å². The number of hydrogen-bond donors (Lipinski definition) is 10. The van der Waals surface area contributed by atoms with E-state index in [0.29, 0.717) is 73.9 Å². The van der Waals surface area contributed by atoms with E-state index >= 15 is 35.1 Å². The maximum absolute atomic E-state index is 17.5. The highest BCUT2D eigenvalue weighted by atomic mass is 19.2. The maximum atomic E-state index is 17.5. The predicted octanol–water partition coefficient (Wildman–Crippen LogP) is 24.4. The lowest BCUT2D eigenvalue weighted by molar-refractivity contribution is 0.412. The van der Waals surface area contributed by atoms with Crippen molar-refractivity contribution in [2.24, 2.45) is 0 Å². The molecule has 5 heterocycles. The largest absolute Gasteiger partial charge is 0.353 e. The Hall–Kier alpha value is -14.2. The van der Waals surface area contributed by atoms with Gasteiger partial charge in [-0.15, -0.1) is 0 Å². The minimum atomic E-state index is -2.29. The molecule has 24 heteroatoms. The highest BCUT2D eigenvalue weighted by Gasteiger charge is 2.38. The molecular formula is C88H66F8N16. The molecule has 15 aromatic rings. The fourth-order valence-corrected chi connectivity index (χ4v) is 14.5. The molecule has 0 unspecified atom stereocenters. The van der Waals surface area contributed by atoms with Gasteiger partial charge >= 0.3 is 0 Å². The van der Waals surface area contributed by atoms with Crippen LogP contribution in [-0.2, 0) is 0 Å². The van der Waals surface area contributed by atoms with E-state index in [1.165, 1.54) is 0 Å².